The second-order valence-electron chi connectivity index (χ2n) is 7.78. The fourth-order valence-electron chi connectivity index (χ4n) is 3.36. The van der Waals surface area contributed by atoms with Crippen LogP contribution in [0, 0.1) is 5.92 Å². The van der Waals surface area contributed by atoms with Crippen LogP contribution in [0.25, 0.3) is 0 Å². The van der Waals surface area contributed by atoms with Gasteiger partial charge in [-0.05, 0) is 63.5 Å². The van der Waals surface area contributed by atoms with Gasteiger partial charge in [-0.2, -0.15) is 0 Å². The Morgan fingerprint density at radius 1 is 1.26 bits per heavy atom. The number of rotatable bonds is 5. The van der Waals surface area contributed by atoms with E-state index in [9.17, 15) is 4.79 Å². The van der Waals surface area contributed by atoms with E-state index in [1.807, 2.05) is 20.8 Å². The first-order chi connectivity index (χ1) is 10.9. The van der Waals surface area contributed by atoms with Crippen molar-refractivity contribution in [3.8, 4) is 0 Å². The molecule has 0 radical (unpaired) electrons. The van der Waals surface area contributed by atoms with Gasteiger partial charge in [0.2, 0.25) is 0 Å². The molecule has 4 nitrogen and oxygen atoms in total. The van der Waals surface area contributed by atoms with Crippen molar-refractivity contribution in [1.29, 1.82) is 0 Å². The zero-order chi connectivity index (χ0) is 16.4. The SMILES string of the molecule is CC(C)(C)OC(=O)NCC(NC1CCc2ccccc21)C1CC1. The van der Waals surface area contributed by atoms with Crippen LogP contribution in [0.15, 0.2) is 24.3 Å². The van der Waals surface area contributed by atoms with Crippen LogP contribution >= 0.6 is 0 Å². The molecule has 2 atom stereocenters. The van der Waals surface area contributed by atoms with Gasteiger partial charge >= 0.3 is 6.09 Å². The molecular weight excluding hydrogens is 288 g/mol. The van der Waals surface area contributed by atoms with Crippen molar-refractivity contribution >= 4 is 6.09 Å². The normalized spacial score (nSPS) is 21.6. The Bertz CT molecular complexity index is 561. The first-order valence-electron chi connectivity index (χ1n) is 8.73. The fraction of sp³-hybridized carbons (Fsp3) is 0.632. The van der Waals surface area contributed by atoms with Crippen molar-refractivity contribution in [3.63, 3.8) is 0 Å². The van der Waals surface area contributed by atoms with Gasteiger partial charge in [-0.25, -0.2) is 4.79 Å². The number of benzene rings is 1. The third-order valence-corrected chi connectivity index (χ3v) is 4.60. The number of nitrogens with one attached hydrogen (secondary N) is 2. The number of hydrogen-bond donors (Lipinski definition) is 2. The third kappa shape index (κ3) is 4.47. The summed E-state index contributed by atoms with van der Waals surface area (Å²) in [4.78, 5) is 11.9. The van der Waals surface area contributed by atoms with E-state index in [0.717, 1.165) is 12.8 Å². The van der Waals surface area contributed by atoms with E-state index in [4.69, 9.17) is 4.74 Å². The largest absolute Gasteiger partial charge is 0.444 e. The smallest absolute Gasteiger partial charge is 0.407 e. The number of aryl methyl sites for hydroxylation is 1. The van der Waals surface area contributed by atoms with Crippen LogP contribution < -0.4 is 10.6 Å². The Hall–Kier alpha value is -1.55. The zero-order valence-electron chi connectivity index (χ0n) is 14.4. The van der Waals surface area contributed by atoms with E-state index in [1.165, 1.54) is 24.0 Å². The predicted molar refractivity (Wildman–Crippen MR) is 91.4 cm³/mol. The van der Waals surface area contributed by atoms with Gasteiger partial charge in [-0.3, -0.25) is 0 Å². The molecule has 2 aliphatic carbocycles. The summed E-state index contributed by atoms with van der Waals surface area (Å²) in [5.74, 6) is 0.678. The molecule has 1 aromatic rings. The molecule has 0 saturated heterocycles. The van der Waals surface area contributed by atoms with E-state index in [0.29, 0.717) is 24.5 Å². The number of carbonyl (C=O) groups excluding carboxylic acids is 1. The molecule has 1 aromatic carbocycles. The van der Waals surface area contributed by atoms with Gasteiger partial charge < -0.3 is 15.4 Å². The van der Waals surface area contributed by atoms with Crippen LogP contribution in [0.2, 0.25) is 0 Å². The standard InChI is InChI=1S/C19H28N2O2/c1-19(2,3)23-18(22)20-12-17(14-8-9-14)21-16-11-10-13-6-4-5-7-15(13)16/h4-7,14,16-17,21H,8-12H2,1-3H3,(H,20,22). The number of amides is 1. The summed E-state index contributed by atoms with van der Waals surface area (Å²) < 4.78 is 5.34. The van der Waals surface area contributed by atoms with Crippen molar-refractivity contribution in [1.82, 2.24) is 10.6 Å². The molecule has 126 valence electrons. The van der Waals surface area contributed by atoms with E-state index < -0.39 is 5.60 Å². The number of carbonyl (C=O) groups is 1. The minimum absolute atomic E-state index is 0.322. The highest BCUT2D eigenvalue weighted by Crippen LogP contribution is 2.36. The first-order valence-corrected chi connectivity index (χ1v) is 8.73. The molecule has 0 bridgehead atoms. The van der Waals surface area contributed by atoms with Crippen LogP contribution in [0.3, 0.4) is 0 Å². The Morgan fingerprint density at radius 2 is 2.00 bits per heavy atom. The van der Waals surface area contributed by atoms with Crippen molar-refractivity contribution in [2.75, 3.05) is 6.54 Å². The molecule has 3 rings (SSSR count). The quantitative estimate of drug-likeness (QED) is 0.873. The van der Waals surface area contributed by atoms with Crippen molar-refractivity contribution < 1.29 is 9.53 Å². The lowest BCUT2D eigenvalue weighted by atomic mass is 10.1. The van der Waals surface area contributed by atoms with Crippen LogP contribution in [0.5, 0.6) is 0 Å². The van der Waals surface area contributed by atoms with Crippen molar-refractivity contribution in [2.24, 2.45) is 5.92 Å². The minimum Gasteiger partial charge on any atom is -0.444 e. The van der Waals surface area contributed by atoms with Gasteiger partial charge in [0.15, 0.2) is 0 Å². The minimum atomic E-state index is -0.447. The lowest BCUT2D eigenvalue weighted by Gasteiger charge is -2.25. The molecule has 1 fully saturated rings. The molecule has 2 aliphatic rings. The van der Waals surface area contributed by atoms with Gasteiger partial charge in [-0.1, -0.05) is 24.3 Å². The summed E-state index contributed by atoms with van der Waals surface area (Å²) in [5, 5.41) is 6.72. The average Bonchev–Trinajstić information content (AvgIpc) is 3.23. The molecule has 0 heterocycles. The number of hydrogen-bond acceptors (Lipinski definition) is 3. The van der Waals surface area contributed by atoms with E-state index in [1.54, 1.807) is 0 Å². The summed E-state index contributed by atoms with van der Waals surface area (Å²) in [6.45, 7) is 6.30. The summed E-state index contributed by atoms with van der Waals surface area (Å²) in [6, 6.07) is 9.43. The first kappa shape index (κ1) is 16.3. The number of alkyl carbamates (subject to hydrolysis) is 1. The molecule has 0 aromatic heterocycles. The maximum absolute atomic E-state index is 11.9. The molecule has 2 unspecified atom stereocenters. The molecule has 4 heteroatoms. The number of fused-ring (bicyclic) bond motifs is 1. The Labute approximate surface area is 139 Å². The van der Waals surface area contributed by atoms with E-state index >= 15 is 0 Å². The highest BCUT2D eigenvalue weighted by Gasteiger charge is 2.34. The van der Waals surface area contributed by atoms with Crippen LogP contribution in [-0.2, 0) is 11.2 Å². The van der Waals surface area contributed by atoms with Gasteiger partial charge in [-0.15, -0.1) is 0 Å². The molecule has 0 spiro atoms. The molecule has 2 N–H and O–H groups in total. The lowest BCUT2D eigenvalue weighted by Crippen LogP contribution is -2.44. The van der Waals surface area contributed by atoms with Gasteiger partial charge in [0, 0.05) is 18.6 Å². The summed E-state index contributed by atoms with van der Waals surface area (Å²) in [7, 11) is 0. The average molecular weight is 316 g/mol. The third-order valence-electron chi connectivity index (χ3n) is 4.60. The molecule has 0 aliphatic heterocycles. The van der Waals surface area contributed by atoms with Crippen molar-refractivity contribution in [3.05, 3.63) is 35.4 Å². The fourth-order valence-corrected chi connectivity index (χ4v) is 3.36. The monoisotopic (exact) mass is 316 g/mol. The number of ether oxygens (including phenoxy) is 1. The Kier molecular flexibility index (Phi) is 4.62. The second-order valence-corrected chi connectivity index (χ2v) is 7.78. The molecule has 1 amide bonds. The zero-order valence-corrected chi connectivity index (χ0v) is 14.4. The summed E-state index contributed by atoms with van der Waals surface area (Å²) >= 11 is 0. The lowest BCUT2D eigenvalue weighted by molar-refractivity contribution is 0.0520. The maximum atomic E-state index is 11.9. The topological polar surface area (TPSA) is 50.4 Å². The van der Waals surface area contributed by atoms with Crippen molar-refractivity contribution in [2.45, 2.75) is 64.1 Å². The predicted octanol–water partition coefficient (Wildman–Crippen LogP) is 3.57. The van der Waals surface area contributed by atoms with Crippen LogP contribution in [0.1, 0.15) is 57.2 Å². The molecule has 23 heavy (non-hydrogen) atoms. The van der Waals surface area contributed by atoms with Gasteiger partial charge in [0.25, 0.3) is 0 Å². The van der Waals surface area contributed by atoms with E-state index in [2.05, 4.69) is 34.9 Å². The highest BCUT2D eigenvalue weighted by molar-refractivity contribution is 5.67. The summed E-state index contributed by atoms with van der Waals surface area (Å²) in [6.07, 6.45) is 4.47. The molecule has 1 saturated carbocycles. The Balaban J connectivity index is 1.55. The molecular formula is C19H28N2O2. The van der Waals surface area contributed by atoms with Gasteiger partial charge in [0.05, 0.1) is 0 Å². The van der Waals surface area contributed by atoms with Crippen LogP contribution in [0.4, 0.5) is 4.79 Å². The maximum Gasteiger partial charge on any atom is 0.407 e. The second kappa shape index (κ2) is 6.52. The highest BCUT2D eigenvalue weighted by atomic mass is 16.6. The Morgan fingerprint density at radius 3 is 2.70 bits per heavy atom. The van der Waals surface area contributed by atoms with Crippen LogP contribution in [-0.4, -0.2) is 24.3 Å². The summed E-state index contributed by atoms with van der Waals surface area (Å²) in [5.41, 5.74) is 2.44. The van der Waals surface area contributed by atoms with E-state index in [-0.39, 0.29) is 6.09 Å². The van der Waals surface area contributed by atoms with Gasteiger partial charge in [0.1, 0.15) is 5.60 Å².